The van der Waals surface area contributed by atoms with Gasteiger partial charge in [-0.15, -0.1) is 0 Å². The summed E-state index contributed by atoms with van der Waals surface area (Å²) in [4.78, 5) is 31.0. The van der Waals surface area contributed by atoms with E-state index in [1.807, 2.05) is 38.2 Å². The molecule has 1 aromatic rings. The average Bonchev–Trinajstić information content (AvgIpc) is 2.83. The first-order valence-corrected chi connectivity index (χ1v) is 8.31. The summed E-state index contributed by atoms with van der Waals surface area (Å²) in [5.41, 5.74) is 1.80. The molecule has 0 unspecified atom stereocenters. The van der Waals surface area contributed by atoms with Crippen LogP contribution in [0.2, 0.25) is 0 Å². The van der Waals surface area contributed by atoms with E-state index in [1.165, 1.54) is 4.90 Å². The molecule has 2 aliphatic heterocycles. The zero-order valence-electron chi connectivity index (χ0n) is 14.2. The molecular formula is C18H25N3O2. The number of carbonyl (C=O) groups is 2. The zero-order chi connectivity index (χ0) is 16.6. The van der Waals surface area contributed by atoms with Gasteiger partial charge in [0.15, 0.2) is 0 Å². The number of amides is 2. The van der Waals surface area contributed by atoms with Crippen LogP contribution in [0, 0.1) is 6.92 Å². The van der Waals surface area contributed by atoms with E-state index < -0.39 is 0 Å². The van der Waals surface area contributed by atoms with E-state index in [-0.39, 0.29) is 24.3 Å². The van der Waals surface area contributed by atoms with Crippen LogP contribution in [0.1, 0.15) is 24.8 Å². The third-order valence-corrected chi connectivity index (χ3v) is 5.17. The van der Waals surface area contributed by atoms with Gasteiger partial charge in [-0.25, -0.2) is 4.90 Å². The monoisotopic (exact) mass is 315 g/mol. The van der Waals surface area contributed by atoms with Gasteiger partial charge in [-0.3, -0.25) is 14.5 Å². The van der Waals surface area contributed by atoms with Gasteiger partial charge in [-0.2, -0.15) is 0 Å². The van der Waals surface area contributed by atoms with Gasteiger partial charge in [0.25, 0.3) is 5.91 Å². The molecule has 0 spiro atoms. The maximum atomic E-state index is 12.8. The van der Waals surface area contributed by atoms with Crippen LogP contribution >= 0.6 is 0 Å². The molecule has 23 heavy (non-hydrogen) atoms. The standard InChI is InChI=1S/C18H25N3O2/c1-13-4-6-15(7-5-13)21-17(22)12-16(18(21)23)20(3)14-8-10-19(2)11-9-14/h4-7,14,16H,8-12H2,1-3H3/t16-/m1/s1. The molecule has 0 bridgehead atoms. The minimum Gasteiger partial charge on any atom is -0.306 e. The third kappa shape index (κ3) is 3.16. The Balaban J connectivity index is 1.74. The van der Waals surface area contributed by atoms with Crippen LogP contribution in [-0.2, 0) is 9.59 Å². The quantitative estimate of drug-likeness (QED) is 0.796. The fraction of sp³-hybridized carbons (Fsp3) is 0.556. The Labute approximate surface area is 137 Å². The molecule has 1 aromatic carbocycles. The normalized spacial score (nSPS) is 24.0. The Kier molecular flexibility index (Phi) is 4.50. The van der Waals surface area contributed by atoms with Crippen molar-refractivity contribution in [2.45, 2.75) is 38.3 Å². The number of likely N-dealkylation sites (N-methyl/N-ethyl adjacent to an activating group) is 1. The number of benzene rings is 1. The molecule has 0 radical (unpaired) electrons. The first-order chi connectivity index (χ1) is 11.0. The lowest BCUT2D eigenvalue weighted by Crippen LogP contribution is -2.49. The molecule has 2 heterocycles. The lowest BCUT2D eigenvalue weighted by atomic mass is 10.0. The van der Waals surface area contributed by atoms with E-state index in [1.54, 1.807) is 0 Å². The highest BCUT2D eigenvalue weighted by atomic mass is 16.2. The highest BCUT2D eigenvalue weighted by Crippen LogP contribution is 2.28. The highest BCUT2D eigenvalue weighted by Gasteiger charge is 2.43. The van der Waals surface area contributed by atoms with Crippen LogP contribution in [0.25, 0.3) is 0 Å². The number of piperidine rings is 1. The van der Waals surface area contributed by atoms with Gasteiger partial charge in [0.1, 0.15) is 0 Å². The molecule has 0 aromatic heterocycles. The lowest BCUT2D eigenvalue weighted by Gasteiger charge is -2.37. The summed E-state index contributed by atoms with van der Waals surface area (Å²) in [7, 11) is 4.12. The lowest BCUT2D eigenvalue weighted by molar-refractivity contribution is -0.123. The number of nitrogens with zero attached hydrogens (tertiary/aromatic N) is 3. The maximum absolute atomic E-state index is 12.8. The number of hydrogen-bond acceptors (Lipinski definition) is 4. The van der Waals surface area contributed by atoms with E-state index in [4.69, 9.17) is 0 Å². The number of imide groups is 1. The first-order valence-electron chi connectivity index (χ1n) is 8.31. The van der Waals surface area contributed by atoms with Crippen LogP contribution in [0.15, 0.2) is 24.3 Å². The molecular weight excluding hydrogens is 290 g/mol. The topological polar surface area (TPSA) is 43.9 Å². The van der Waals surface area contributed by atoms with Gasteiger partial charge in [0.05, 0.1) is 18.2 Å². The maximum Gasteiger partial charge on any atom is 0.251 e. The Morgan fingerprint density at radius 1 is 1.09 bits per heavy atom. The van der Waals surface area contributed by atoms with Gasteiger partial charge in [0, 0.05) is 6.04 Å². The molecule has 0 saturated carbocycles. The molecule has 1 atom stereocenters. The van der Waals surface area contributed by atoms with Gasteiger partial charge in [-0.05, 0) is 59.1 Å². The van der Waals surface area contributed by atoms with Crippen LogP contribution in [0.4, 0.5) is 5.69 Å². The number of hydrogen-bond donors (Lipinski definition) is 0. The molecule has 5 heteroatoms. The molecule has 2 aliphatic rings. The largest absolute Gasteiger partial charge is 0.306 e. The van der Waals surface area contributed by atoms with Gasteiger partial charge < -0.3 is 4.90 Å². The summed E-state index contributed by atoms with van der Waals surface area (Å²) in [5.74, 6) is -0.177. The van der Waals surface area contributed by atoms with Crippen LogP contribution in [0.3, 0.4) is 0 Å². The average molecular weight is 315 g/mol. The number of aryl methyl sites for hydroxylation is 1. The van der Waals surface area contributed by atoms with Gasteiger partial charge in [0.2, 0.25) is 5.91 Å². The van der Waals surface area contributed by atoms with Crippen molar-refractivity contribution in [2.75, 3.05) is 32.1 Å². The zero-order valence-corrected chi connectivity index (χ0v) is 14.2. The summed E-state index contributed by atoms with van der Waals surface area (Å²) in [5, 5.41) is 0. The molecule has 3 rings (SSSR count). The summed E-state index contributed by atoms with van der Waals surface area (Å²) in [6, 6.07) is 7.63. The Bertz CT molecular complexity index is 591. The second kappa shape index (κ2) is 6.42. The van der Waals surface area contributed by atoms with E-state index in [0.717, 1.165) is 31.5 Å². The Morgan fingerprint density at radius 3 is 2.30 bits per heavy atom. The fourth-order valence-electron chi connectivity index (χ4n) is 3.56. The molecule has 124 valence electrons. The van der Waals surface area contributed by atoms with E-state index in [2.05, 4.69) is 16.8 Å². The van der Waals surface area contributed by atoms with E-state index in [9.17, 15) is 9.59 Å². The molecule has 0 aliphatic carbocycles. The minimum absolute atomic E-state index is 0.0831. The molecule has 2 fully saturated rings. The van der Waals surface area contributed by atoms with Crippen molar-refractivity contribution in [1.29, 1.82) is 0 Å². The Hall–Kier alpha value is -1.72. The number of likely N-dealkylation sites (tertiary alicyclic amines) is 1. The smallest absolute Gasteiger partial charge is 0.251 e. The Morgan fingerprint density at radius 2 is 1.70 bits per heavy atom. The number of carbonyl (C=O) groups excluding carboxylic acids is 2. The highest BCUT2D eigenvalue weighted by molar-refractivity contribution is 6.22. The van der Waals surface area contributed by atoms with Crippen molar-refractivity contribution >= 4 is 17.5 Å². The van der Waals surface area contributed by atoms with Crippen LogP contribution in [-0.4, -0.2) is 60.9 Å². The predicted octanol–water partition coefficient (Wildman–Crippen LogP) is 1.65. The van der Waals surface area contributed by atoms with Crippen molar-refractivity contribution in [1.82, 2.24) is 9.80 Å². The van der Waals surface area contributed by atoms with Crippen molar-refractivity contribution in [3.8, 4) is 0 Å². The molecule has 2 amide bonds. The summed E-state index contributed by atoms with van der Waals surface area (Å²) >= 11 is 0. The SMILES string of the molecule is Cc1ccc(N2C(=O)C[C@@H](N(C)C3CCN(C)CC3)C2=O)cc1. The van der Waals surface area contributed by atoms with Crippen molar-refractivity contribution in [2.24, 2.45) is 0 Å². The van der Waals surface area contributed by atoms with Gasteiger partial charge >= 0.3 is 0 Å². The molecule has 5 nitrogen and oxygen atoms in total. The summed E-state index contributed by atoms with van der Waals surface area (Å²) in [6.45, 7) is 4.09. The van der Waals surface area contributed by atoms with E-state index >= 15 is 0 Å². The van der Waals surface area contributed by atoms with Crippen LogP contribution < -0.4 is 4.90 Å². The van der Waals surface area contributed by atoms with Gasteiger partial charge in [-0.1, -0.05) is 17.7 Å². The second-order valence-corrected chi connectivity index (χ2v) is 6.82. The number of rotatable bonds is 3. The first kappa shape index (κ1) is 16.1. The minimum atomic E-state index is -0.322. The van der Waals surface area contributed by atoms with Crippen molar-refractivity contribution in [3.63, 3.8) is 0 Å². The fourth-order valence-corrected chi connectivity index (χ4v) is 3.56. The molecule has 0 N–H and O–H groups in total. The summed E-state index contributed by atoms with van der Waals surface area (Å²) in [6.07, 6.45) is 2.39. The number of anilines is 1. The van der Waals surface area contributed by atoms with Crippen molar-refractivity contribution < 1.29 is 9.59 Å². The van der Waals surface area contributed by atoms with E-state index in [0.29, 0.717) is 11.7 Å². The second-order valence-electron chi connectivity index (χ2n) is 6.82. The van der Waals surface area contributed by atoms with Crippen molar-refractivity contribution in [3.05, 3.63) is 29.8 Å². The van der Waals surface area contributed by atoms with Crippen LogP contribution in [0.5, 0.6) is 0 Å². The molecule has 2 saturated heterocycles. The predicted molar refractivity (Wildman–Crippen MR) is 90.4 cm³/mol. The third-order valence-electron chi connectivity index (χ3n) is 5.17. The summed E-state index contributed by atoms with van der Waals surface area (Å²) < 4.78 is 0.